The number of imide groups is 1. The molecule has 0 aliphatic carbocycles. The lowest BCUT2D eigenvalue weighted by molar-refractivity contribution is -0.146. The Morgan fingerprint density at radius 2 is 2.00 bits per heavy atom. The number of hydrogen-bond acceptors (Lipinski definition) is 6. The summed E-state index contributed by atoms with van der Waals surface area (Å²) in [6, 6.07) is -1.07. The van der Waals surface area contributed by atoms with Gasteiger partial charge in [-0.1, -0.05) is 11.8 Å². The van der Waals surface area contributed by atoms with E-state index in [2.05, 4.69) is 10.2 Å². The first kappa shape index (κ1) is 15.1. The average molecular weight is 298 g/mol. The number of carbonyl (C=O) groups is 2. The van der Waals surface area contributed by atoms with E-state index in [1.54, 1.807) is 5.32 Å². The molecule has 1 heterocycles. The van der Waals surface area contributed by atoms with E-state index in [1.165, 1.54) is 6.92 Å². The Hall–Kier alpha value is -1.98. The van der Waals surface area contributed by atoms with E-state index < -0.39 is 29.2 Å². The molecule has 12 heteroatoms. The molecule has 0 spiro atoms. The van der Waals surface area contributed by atoms with Crippen molar-refractivity contribution in [2.75, 3.05) is 5.84 Å². The van der Waals surface area contributed by atoms with Crippen LogP contribution in [0.4, 0.5) is 18.0 Å². The Morgan fingerprint density at radius 1 is 1.42 bits per heavy atom. The van der Waals surface area contributed by atoms with Crippen LogP contribution >= 0.6 is 11.8 Å². The van der Waals surface area contributed by atoms with Gasteiger partial charge in [0.15, 0.2) is 0 Å². The first-order valence-electron chi connectivity index (χ1n) is 4.67. The molecule has 3 amide bonds. The number of primary amides is 1. The van der Waals surface area contributed by atoms with Crippen LogP contribution in [0, 0.1) is 0 Å². The van der Waals surface area contributed by atoms with Crippen molar-refractivity contribution in [3.63, 3.8) is 0 Å². The number of nitrogens with one attached hydrogen (secondary N) is 1. The highest BCUT2D eigenvalue weighted by molar-refractivity contribution is 8.00. The summed E-state index contributed by atoms with van der Waals surface area (Å²) in [5.41, 5.74) is 4.73. The fourth-order valence-electron chi connectivity index (χ4n) is 0.985. The summed E-state index contributed by atoms with van der Waals surface area (Å²) >= 11 is 0.602. The highest BCUT2D eigenvalue weighted by atomic mass is 32.2. The molecule has 0 saturated heterocycles. The predicted molar refractivity (Wildman–Crippen MR) is 58.2 cm³/mol. The number of amides is 3. The third kappa shape index (κ3) is 3.74. The SMILES string of the molecule is C[C@H](Sc1nnc(C(F)(F)F)n1N)C(=O)NC(N)=O. The highest BCUT2D eigenvalue weighted by Gasteiger charge is 2.38. The summed E-state index contributed by atoms with van der Waals surface area (Å²) in [4.78, 5) is 21.8. The molecule has 1 aromatic rings. The summed E-state index contributed by atoms with van der Waals surface area (Å²) in [6.07, 6.45) is -4.75. The van der Waals surface area contributed by atoms with Crippen molar-refractivity contribution >= 4 is 23.7 Å². The van der Waals surface area contributed by atoms with Crippen molar-refractivity contribution in [3.8, 4) is 0 Å². The molecule has 0 aromatic carbocycles. The summed E-state index contributed by atoms with van der Waals surface area (Å²) in [5.74, 6) is 2.99. The molecule has 5 N–H and O–H groups in total. The zero-order valence-corrected chi connectivity index (χ0v) is 10.2. The van der Waals surface area contributed by atoms with E-state index in [0.29, 0.717) is 11.8 Å². The van der Waals surface area contributed by atoms with Gasteiger partial charge in [0.05, 0.1) is 5.25 Å². The number of urea groups is 1. The number of nitrogens with two attached hydrogens (primary N) is 2. The fraction of sp³-hybridized carbons (Fsp3) is 0.429. The van der Waals surface area contributed by atoms with Crippen LogP contribution in [0.3, 0.4) is 0 Å². The van der Waals surface area contributed by atoms with E-state index in [4.69, 9.17) is 11.6 Å². The minimum atomic E-state index is -4.75. The molecule has 0 radical (unpaired) electrons. The van der Waals surface area contributed by atoms with Gasteiger partial charge in [0.1, 0.15) is 0 Å². The quantitative estimate of drug-likeness (QED) is 0.518. The lowest BCUT2D eigenvalue weighted by Gasteiger charge is -2.10. The molecule has 0 saturated carbocycles. The van der Waals surface area contributed by atoms with Crippen LogP contribution in [-0.2, 0) is 11.0 Å². The first-order chi connectivity index (χ1) is 8.62. The molecule has 1 rings (SSSR count). The smallest absolute Gasteiger partial charge is 0.351 e. The standard InChI is InChI=1S/C7H9F3N6O2S/c1-2(3(17)13-5(11)18)19-6-15-14-4(16(6)12)7(8,9)10/h2H,12H2,1H3,(H3,11,13,17,18)/t2-/m0/s1. The Balaban J connectivity index is 2.81. The van der Waals surface area contributed by atoms with Gasteiger partial charge in [-0.15, -0.1) is 10.2 Å². The van der Waals surface area contributed by atoms with Crippen LogP contribution in [0.15, 0.2) is 5.16 Å². The summed E-state index contributed by atoms with van der Waals surface area (Å²) in [5, 5.41) is 6.63. The first-order valence-corrected chi connectivity index (χ1v) is 5.55. The van der Waals surface area contributed by atoms with Gasteiger partial charge in [-0.05, 0) is 6.92 Å². The molecule has 0 unspecified atom stereocenters. The van der Waals surface area contributed by atoms with Gasteiger partial charge in [-0.2, -0.15) is 13.2 Å². The van der Waals surface area contributed by atoms with Gasteiger partial charge >= 0.3 is 12.2 Å². The Kier molecular flexibility index (Phi) is 4.24. The fourth-order valence-corrected chi connectivity index (χ4v) is 1.76. The van der Waals surface area contributed by atoms with Gasteiger partial charge in [-0.3, -0.25) is 10.1 Å². The molecule has 8 nitrogen and oxygen atoms in total. The van der Waals surface area contributed by atoms with Crippen molar-refractivity contribution in [1.29, 1.82) is 0 Å². The van der Waals surface area contributed by atoms with Crippen molar-refractivity contribution in [3.05, 3.63) is 5.82 Å². The van der Waals surface area contributed by atoms with Crippen LogP contribution < -0.4 is 16.9 Å². The number of nitrogen functional groups attached to an aromatic ring is 1. The van der Waals surface area contributed by atoms with Crippen LogP contribution in [0.5, 0.6) is 0 Å². The van der Waals surface area contributed by atoms with E-state index >= 15 is 0 Å². The molecule has 1 atom stereocenters. The van der Waals surface area contributed by atoms with Gasteiger partial charge in [0.25, 0.3) is 5.82 Å². The monoisotopic (exact) mass is 298 g/mol. The van der Waals surface area contributed by atoms with Crippen LogP contribution in [0.1, 0.15) is 12.7 Å². The highest BCUT2D eigenvalue weighted by Crippen LogP contribution is 2.29. The Morgan fingerprint density at radius 3 is 2.42 bits per heavy atom. The van der Waals surface area contributed by atoms with E-state index in [-0.39, 0.29) is 9.83 Å². The zero-order valence-electron chi connectivity index (χ0n) is 9.43. The Bertz CT molecular complexity index is 502. The number of thioether (sulfide) groups is 1. The lowest BCUT2D eigenvalue weighted by Crippen LogP contribution is -2.39. The van der Waals surface area contributed by atoms with Gasteiger partial charge in [0.2, 0.25) is 11.1 Å². The largest absolute Gasteiger partial charge is 0.453 e. The van der Waals surface area contributed by atoms with Gasteiger partial charge in [-0.25, -0.2) is 9.47 Å². The molecule has 0 bridgehead atoms. The second-order valence-electron chi connectivity index (χ2n) is 3.29. The molecule has 0 fully saturated rings. The summed E-state index contributed by atoms with van der Waals surface area (Å²) in [6.45, 7) is 1.34. The van der Waals surface area contributed by atoms with Crippen molar-refractivity contribution in [2.45, 2.75) is 23.5 Å². The second-order valence-corrected chi connectivity index (χ2v) is 4.60. The number of hydrogen-bond donors (Lipinski definition) is 3. The number of alkyl halides is 3. The van der Waals surface area contributed by atoms with Crippen LogP contribution in [0.25, 0.3) is 0 Å². The van der Waals surface area contributed by atoms with Crippen molar-refractivity contribution in [2.24, 2.45) is 5.73 Å². The number of halogens is 3. The van der Waals surface area contributed by atoms with Crippen molar-refractivity contribution in [1.82, 2.24) is 20.2 Å². The average Bonchev–Trinajstić information content (AvgIpc) is 2.58. The predicted octanol–water partition coefficient (Wildman–Crippen LogP) is -0.314. The minimum absolute atomic E-state index is 0.221. The molecule has 0 aliphatic rings. The number of nitrogens with zero attached hydrogens (tertiary/aromatic N) is 3. The zero-order chi connectivity index (χ0) is 14.8. The maximum absolute atomic E-state index is 12.4. The number of rotatable bonds is 3. The minimum Gasteiger partial charge on any atom is -0.351 e. The maximum Gasteiger partial charge on any atom is 0.453 e. The normalized spacial score (nSPS) is 13.1. The molecule has 1 aromatic heterocycles. The third-order valence-corrected chi connectivity index (χ3v) is 2.87. The molecular weight excluding hydrogens is 289 g/mol. The van der Waals surface area contributed by atoms with Crippen LogP contribution in [-0.4, -0.2) is 32.1 Å². The molecular formula is C7H9F3N6O2S. The number of carbonyl (C=O) groups excluding carboxylic acids is 2. The third-order valence-electron chi connectivity index (χ3n) is 1.82. The van der Waals surface area contributed by atoms with Gasteiger partial charge < -0.3 is 11.6 Å². The second kappa shape index (κ2) is 5.34. The molecule has 19 heavy (non-hydrogen) atoms. The van der Waals surface area contributed by atoms with E-state index in [0.717, 1.165) is 0 Å². The summed E-state index contributed by atoms with van der Waals surface area (Å²) in [7, 11) is 0. The number of aromatic nitrogens is 3. The van der Waals surface area contributed by atoms with Gasteiger partial charge in [0, 0.05) is 0 Å². The molecule has 0 aliphatic heterocycles. The van der Waals surface area contributed by atoms with Crippen LogP contribution in [0.2, 0.25) is 0 Å². The van der Waals surface area contributed by atoms with E-state index in [1.807, 2.05) is 0 Å². The summed E-state index contributed by atoms with van der Waals surface area (Å²) < 4.78 is 37.4. The topological polar surface area (TPSA) is 129 Å². The van der Waals surface area contributed by atoms with Crippen molar-refractivity contribution < 1.29 is 22.8 Å². The van der Waals surface area contributed by atoms with E-state index in [9.17, 15) is 22.8 Å². The lowest BCUT2D eigenvalue weighted by atomic mass is 10.4. The Labute approximate surface area is 108 Å². The maximum atomic E-state index is 12.4. The molecule has 106 valence electrons.